The number of pyridine rings is 1. The molecule has 2 aromatic rings. The van der Waals surface area contributed by atoms with Crippen LogP contribution in [-0.2, 0) is 5.75 Å². The van der Waals surface area contributed by atoms with Crippen molar-refractivity contribution < 1.29 is 0 Å². The fourth-order valence-corrected chi connectivity index (χ4v) is 2.36. The average Bonchev–Trinajstić information content (AvgIpc) is 2.30. The van der Waals surface area contributed by atoms with E-state index in [1.54, 1.807) is 6.07 Å². The van der Waals surface area contributed by atoms with Gasteiger partial charge in [-0.2, -0.15) is 12.6 Å². The molecule has 1 aromatic heterocycles. The molecule has 2 nitrogen and oxygen atoms in total. The van der Waals surface area contributed by atoms with Gasteiger partial charge in [-0.1, -0.05) is 17.7 Å². The first-order valence-electron chi connectivity index (χ1n) is 5.93. The lowest BCUT2D eigenvalue weighted by Gasteiger charge is -2.15. The normalized spacial score (nSPS) is 10.7. The van der Waals surface area contributed by atoms with Crippen molar-refractivity contribution in [2.45, 2.75) is 26.5 Å². The highest BCUT2D eigenvalue weighted by Crippen LogP contribution is 2.17. The number of thiol groups is 1. The Morgan fingerprint density at radius 3 is 2.50 bits per heavy atom. The SMILES string of the molecule is Cc1ccc(-n2cc(CS)c(=O)cc2C)c(C)c1. The zero-order valence-corrected chi connectivity index (χ0v) is 11.8. The third kappa shape index (κ3) is 2.36. The maximum absolute atomic E-state index is 11.7. The summed E-state index contributed by atoms with van der Waals surface area (Å²) in [7, 11) is 0. The molecule has 0 unspecified atom stereocenters. The Kier molecular flexibility index (Phi) is 3.62. The number of rotatable bonds is 2. The molecule has 0 aliphatic carbocycles. The summed E-state index contributed by atoms with van der Waals surface area (Å²) < 4.78 is 2.06. The Hall–Kier alpha value is -1.48. The predicted molar refractivity (Wildman–Crippen MR) is 78.9 cm³/mol. The van der Waals surface area contributed by atoms with E-state index in [1.807, 2.05) is 13.1 Å². The minimum Gasteiger partial charge on any atom is -0.320 e. The van der Waals surface area contributed by atoms with Crippen LogP contribution in [0.3, 0.4) is 0 Å². The van der Waals surface area contributed by atoms with Crippen molar-refractivity contribution in [3.8, 4) is 5.69 Å². The molecule has 0 radical (unpaired) electrons. The zero-order valence-electron chi connectivity index (χ0n) is 10.9. The van der Waals surface area contributed by atoms with Crippen LogP contribution in [0.25, 0.3) is 5.69 Å². The molecule has 2 rings (SSSR count). The van der Waals surface area contributed by atoms with Crippen LogP contribution in [0.2, 0.25) is 0 Å². The smallest absolute Gasteiger partial charge is 0.185 e. The van der Waals surface area contributed by atoms with E-state index in [0.717, 1.165) is 16.9 Å². The van der Waals surface area contributed by atoms with E-state index in [-0.39, 0.29) is 5.43 Å². The number of nitrogens with zero attached hydrogens (tertiary/aromatic N) is 1. The van der Waals surface area contributed by atoms with Gasteiger partial charge in [-0.15, -0.1) is 0 Å². The van der Waals surface area contributed by atoms with Crippen molar-refractivity contribution in [2.75, 3.05) is 0 Å². The summed E-state index contributed by atoms with van der Waals surface area (Å²) in [5, 5.41) is 0. The van der Waals surface area contributed by atoms with Crippen LogP contribution in [-0.4, -0.2) is 4.57 Å². The molecule has 1 heterocycles. The quantitative estimate of drug-likeness (QED) is 0.822. The maximum Gasteiger partial charge on any atom is 0.185 e. The Morgan fingerprint density at radius 2 is 1.89 bits per heavy atom. The van der Waals surface area contributed by atoms with Crippen LogP contribution in [0, 0.1) is 20.8 Å². The van der Waals surface area contributed by atoms with E-state index in [0.29, 0.717) is 5.75 Å². The Balaban J connectivity index is 2.67. The van der Waals surface area contributed by atoms with Crippen LogP contribution in [0.4, 0.5) is 0 Å². The summed E-state index contributed by atoms with van der Waals surface area (Å²) in [5.74, 6) is 0.462. The molecule has 0 aliphatic rings. The monoisotopic (exact) mass is 259 g/mol. The van der Waals surface area contributed by atoms with E-state index >= 15 is 0 Å². The van der Waals surface area contributed by atoms with Gasteiger partial charge in [0.05, 0.1) is 0 Å². The molecule has 0 atom stereocenters. The Morgan fingerprint density at radius 1 is 1.17 bits per heavy atom. The summed E-state index contributed by atoms with van der Waals surface area (Å²) >= 11 is 4.20. The molecule has 94 valence electrons. The maximum atomic E-state index is 11.7. The molecule has 18 heavy (non-hydrogen) atoms. The van der Waals surface area contributed by atoms with Gasteiger partial charge >= 0.3 is 0 Å². The van der Waals surface area contributed by atoms with E-state index < -0.39 is 0 Å². The van der Waals surface area contributed by atoms with Gasteiger partial charge in [0.15, 0.2) is 5.43 Å². The lowest BCUT2D eigenvalue weighted by molar-refractivity contribution is 0.945. The lowest BCUT2D eigenvalue weighted by atomic mass is 10.1. The summed E-state index contributed by atoms with van der Waals surface area (Å²) in [4.78, 5) is 11.7. The van der Waals surface area contributed by atoms with Crippen LogP contribution < -0.4 is 5.43 Å². The molecular formula is C15H17NOS. The second-order valence-corrected chi connectivity index (χ2v) is 4.94. The molecule has 0 amide bonds. The fraction of sp³-hybridized carbons (Fsp3) is 0.267. The molecular weight excluding hydrogens is 242 g/mol. The molecule has 1 aromatic carbocycles. The highest BCUT2D eigenvalue weighted by atomic mass is 32.1. The van der Waals surface area contributed by atoms with Crippen molar-refractivity contribution in [2.24, 2.45) is 0 Å². The molecule has 0 spiro atoms. The molecule has 0 bridgehead atoms. The highest BCUT2D eigenvalue weighted by molar-refractivity contribution is 7.79. The molecule has 0 saturated carbocycles. The van der Waals surface area contributed by atoms with Crippen LogP contribution in [0.1, 0.15) is 22.4 Å². The van der Waals surface area contributed by atoms with Gasteiger partial charge in [0.1, 0.15) is 0 Å². The first-order valence-corrected chi connectivity index (χ1v) is 6.57. The van der Waals surface area contributed by atoms with Gasteiger partial charge in [0.25, 0.3) is 0 Å². The van der Waals surface area contributed by atoms with Crippen molar-refractivity contribution in [1.29, 1.82) is 0 Å². The van der Waals surface area contributed by atoms with Gasteiger partial charge in [0.2, 0.25) is 0 Å². The Labute approximate surface area is 113 Å². The first kappa shape index (κ1) is 13.0. The topological polar surface area (TPSA) is 22.0 Å². The second-order valence-electron chi connectivity index (χ2n) is 4.62. The molecule has 0 N–H and O–H groups in total. The van der Waals surface area contributed by atoms with E-state index in [9.17, 15) is 4.79 Å². The molecule has 0 aliphatic heterocycles. The van der Waals surface area contributed by atoms with Crippen molar-refractivity contribution in [1.82, 2.24) is 4.57 Å². The predicted octanol–water partition coefficient (Wildman–Crippen LogP) is 3.19. The second kappa shape index (κ2) is 5.02. The summed E-state index contributed by atoms with van der Waals surface area (Å²) in [5.41, 5.74) is 5.28. The van der Waals surface area contributed by atoms with Crippen LogP contribution >= 0.6 is 12.6 Å². The number of benzene rings is 1. The van der Waals surface area contributed by atoms with E-state index in [4.69, 9.17) is 0 Å². The van der Waals surface area contributed by atoms with Crippen molar-refractivity contribution in [3.05, 3.63) is 63.1 Å². The van der Waals surface area contributed by atoms with Gasteiger partial charge in [0, 0.05) is 35.0 Å². The zero-order chi connectivity index (χ0) is 13.3. The van der Waals surface area contributed by atoms with Gasteiger partial charge in [-0.25, -0.2) is 0 Å². The third-order valence-corrected chi connectivity index (χ3v) is 3.44. The minimum absolute atomic E-state index is 0.0588. The highest BCUT2D eigenvalue weighted by Gasteiger charge is 2.06. The third-order valence-electron chi connectivity index (χ3n) is 3.10. The standard InChI is InChI=1S/C15H17NOS/c1-10-4-5-14(11(2)6-10)16-8-13(9-18)15(17)7-12(16)3/h4-8,18H,9H2,1-3H3. The summed E-state index contributed by atoms with van der Waals surface area (Å²) in [6.45, 7) is 6.11. The van der Waals surface area contributed by atoms with Crippen molar-refractivity contribution >= 4 is 12.6 Å². The van der Waals surface area contributed by atoms with Crippen LogP contribution in [0.15, 0.2) is 35.3 Å². The lowest BCUT2D eigenvalue weighted by Crippen LogP contribution is -2.13. The fourth-order valence-electron chi connectivity index (χ4n) is 2.13. The van der Waals surface area contributed by atoms with Gasteiger partial charge in [-0.3, -0.25) is 4.79 Å². The number of hydrogen-bond donors (Lipinski definition) is 1. The molecule has 3 heteroatoms. The Bertz CT molecular complexity index is 643. The number of aryl methyl sites for hydroxylation is 3. The van der Waals surface area contributed by atoms with Gasteiger partial charge in [-0.05, 0) is 32.4 Å². The van der Waals surface area contributed by atoms with Crippen molar-refractivity contribution in [3.63, 3.8) is 0 Å². The number of aromatic nitrogens is 1. The average molecular weight is 259 g/mol. The van der Waals surface area contributed by atoms with Crippen LogP contribution in [0.5, 0.6) is 0 Å². The largest absolute Gasteiger partial charge is 0.320 e. The summed E-state index contributed by atoms with van der Waals surface area (Å²) in [6, 6.07) is 7.99. The molecule has 0 saturated heterocycles. The molecule has 0 fully saturated rings. The van der Waals surface area contributed by atoms with E-state index in [2.05, 4.69) is 49.2 Å². The minimum atomic E-state index is 0.0588. The summed E-state index contributed by atoms with van der Waals surface area (Å²) in [6.07, 6.45) is 1.89. The van der Waals surface area contributed by atoms with E-state index in [1.165, 1.54) is 11.1 Å². The number of hydrogen-bond acceptors (Lipinski definition) is 2. The first-order chi connectivity index (χ1) is 8.52. The van der Waals surface area contributed by atoms with Gasteiger partial charge < -0.3 is 4.57 Å².